The van der Waals surface area contributed by atoms with Crippen molar-refractivity contribution in [2.75, 3.05) is 7.11 Å². The van der Waals surface area contributed by atoms with Crippen molar-refractivity contribution in [3.63, 3.8) is 0 Å². The quantitative estimate of drug-likeness (QED) is 0.401. The molecule has 136 valence electrons. The van der Waals surface area contributed by atoms with Gasteiger partial charge in [-0.25, -0.2) is 4.98 Å². The number of nitro groups is 1. The Morgan fingerprint density at radius 3 is 2.16 bits per heavy atom. The highest BCUT2D eigenvalue weighted by atomic mass is 79.9. The Balaban J connectivity index is 2.94. The largest absolute Gasteiger partial charge is 0.497 e. The van der Waals surface area contributed by atoms with Crippen LogP contribution in [0.5, 0.6) is 5.75 Å². The van der Waals surface area contributed by atoms with Gasteiger partial charge in [0.05, 0.1) is 12.7 Å². The fraction of sp³-hybridized carbons (Fsp3) is 0.231. The Morgan fingerprint density at radius 2 is 1.76 bits per heavy atom. The van der Waals surface area contributed by atoms with Crippen molar-refractivity contribution >= 4 is 21.7 Å². The number of H-pyrrole nitrogens is 1. The van der Waals surface area contributed by atoms with E-state index in [-0.39, 0.29) is 10.2 Å². The average Bonchev–Trinajstić information content (AvgIpc) is 2.87. The predicted molar refractivity (Wildman–Crippen MR) is 77.1 cm³/mol. The van der Waals surface area contributed by atoms with Crippen LogP contribution in [-0.2, 0) is 12.4 Å². The first kappa shape index (κ1) is 19.1. The highest BCUT2D eigenvalue weighted by Gasteiger charge is 2.51. The lowest BCUT2D eigenvalue weighted by molar-refractivity contribution is -0.392. The third-order valence-electron chi connectivity index (χ3n) is 3.18. The van der Waals surface area contributed by atoms with Crippen LogP contribution in [-0.4, -0.2) is 17.0 Å². The monoisotopic (exact) mass is 432 g/mol. The molecule has 2 rings (SSSR count). The molecule has 0 fully saturated rings. The Bertz CT molecular complexity index is 828. The smallest absolute Gasteiger partial charge is 0.454 e. The van der Waals surface area contributed by atoms with E-state index < -0.39 is 45.5 Å². The molecule has 2 aromatic rings. The number of nitrogens with one attached hydrogen (secondary N) is 1. The van der Waals surface area contributed by atoms with Crippen molar-refractivity contribution in [3.05, 3.63) is 44.0 Å². The van der Waals surface area contributed by atoms with E-state index in [9.17, 15) is 36.5 Å². The summed E-state index contributed by atoms with van der Waals surface area (Å²) in [7, 11) is 1.25. The number of rotatable bonds is 3. The van der Waals surface area contributed by atoms with Gasteiger partial charge < -0.3 is 14.9 Å². The van der Waals surface area contributed by atoms with Crippen molar-refractivity contribution in [1.82, 2.24) is 4.98 Å². The maximum absolute atomic E-state index is 13.3. The number of alkyl halides is 6. The molecule has 0 atom stereocenters. The van der Waals surface area contributed by atoms with Crippen LogP contribution >= 0.6 is 15.9 Å². The van der Waals surface area contributed by atoms with Crippen molar-refractivity contribution in [2.24, 2.45) is 0 Å². The van der Waals surface area contributed by atoms with Gasteiger partial charge in [-0.2, -0.15) is 26.3 Å². The van der Waals surface area contributed by atoms with Crippen molar-refractivity contribution in [1.29, 1.82) is 0 Å². The third-order valence-corrected chi connectivity index (χ3v) is 3.83. The minimum absolute atomic E-state index is 0.156. The minimum Gasteiger partial charge on any atom is -0.497 e. The second-order valence-corrected chi connectivity index (χ2v) is 5.55. The fourth-order valence-corrected chi connectivity index (χ4v) is 2.76. The topological polar surface area (TPSA) is 68.2 Å². The highest BCUT2D eigenvalue weighted by molar-refractivity contribution is 9.10. The summed E-state index contributed by atoms with van der Waals surface area (Å²) < 4.78 is 84.2. The molecule has 1 aromatic carbocycles. The standard InChI is InChI=1S/C13H7BrF6N2O3/c1-25-5-2-3-6(7(14)4-5)8-9(12(15,16)17)11(22(23)24)21-10(8)13(18,19)20/h2-4,21H,1H3. The molecule has 0 radical (unpaired) electrons. The van der Waals surface area contributed by atoms with Gasteiger partial charge in [-0.15, -0.1) is 0 Å². The van der Waals surface area contributed by atoms with Crippen molar-refractivity contribution in [3.8, 4) is 16.9 Å². The van der Waals surface area contributed by atoms with E-state index in [0.717, 1.165) is 18.2 Å². The number of nitrogens with zero attached hydrogens (tertiary/aromatic N) is 1. The minimum atomic E-state index is -5.39. The molecule has 0 saturated heterocycles. The van der Waals surface area contributed by atoms with Crippen LogP contribution in [0, 0.1) is 10.1 Å². The van der Waals surface area contributed by atoms with Gasteiger partial charge in [-0.1, -0.05) is 15.9 Å². The number of ether oxygens (including phenoxy) is 1. The molecule has 0 spiro atoms. The molecule has 12 heteroatoms. The van der Waals surface area contributed by atoms with E-state index in [1.54, 1.807) is 0 Å². The molecule has 1 aromatic heterocycles. The molecular formula is C13H7BrF6N2O3. The molecule has 5 nitrogen and oxygen atoms in total. The summed E-state index contributed by atoms with van der Waals surface area (Å²) in [5.74, 6) is -1.61. The lowest BCUT2D eigenvalue weighted by atomic mass is 10.00. The number of hydrogen-bond donors (Lipinski definition) is 1. The second kappa shape index (κ2) is 6.24. The van der Waals surface area contributed by atoms with Crippen molar-refractivity contribution in [2.45, 2.75) is 12.4 Å². The van der Waals surface area contributed by atoms with Crippen LogP contribution < -0.4 is 4.74 Å². The van der Waals surface area contributed by atoms with Crippen LogP contribution in [0.2, 0.25) is 0 Å². The van der Waals surface area contributed by atoms with Gasteiger partial charge in [0.2, 0.25) is 5.69 Å². The van der Waals surface area contributed by atoms with E-state index in [0.29, 0.717) is 0 Å². The number of methoxy groups -OCH3 is 1. The molecule has 0 aliphatic heterocycles. The molecule has 1 N–H and O–H groups in total. The van der Waals surface area contributed by atoms with Crippen LogP contribution in [0.1, 0.15) is 11.3 Å². The van der Waals surface area contributed by atoms with Crippen LogP contribution in [0.4, 0.5) is 32.2 Å². The Kier molecular flexibility index (Phi) is 4.77. The molecule has 0 unspecified atom stereocenters. The zero-order chi connectivity index (χ0) is 19.2. The molecule has 0 saturated carbocycles. The van der Waals surface area contributed by atoms with E-state index in [2.05, 4.69) is 15.9 Å². The zero-order valence-electron chi connectivity index (χ0n) is 12.0. The molecule has 25 heavy (non-hydrogen) atoms. The SMILES string of the molecule is COc1ccc(-c2c(C(F)(F)F)[nH]c([N+](=O)[O-])c2C(F)(F)F)c(Br)c1. The van der Waals surface area contributed by atoms with Crippen LogP contribution in [0.15, 0.2) is 22.7 Å². The van der Waals surface area contributed by atoms with Gasteiger partial charge in [0.15, 0.2) is 5.56 Å². The average molecular weight is 433 g/mol. The third kappa shape index (κ3) is 3.57. The van der Waals surface area contributed by atoms with Gasteiger partial charge in [0, 0.05) is 10.0 Å². The van der Waals surface area contributed by atoms with E-state index in [1.165, 1.54) is 12.1 Å². The van der Waals surface area contributed by atoms with Gasteiger partial charge in [-0.05, 0) is 23.1 Å². The molecule has 0 amide bonds. The number of aromatic nitrogens is 1. The van der Waals surface area contributed by atoms with Crippen molar-refractivity contribution < 1.29 is 36.0 Å². The van der Waals surface area contributed by atoms with Crippen LogP contribution in [0.3, 0.4) is 0 Å². The maximum atomic E-state index is 13.3. The van der Waals surface area contributed by atoms with E-state index in [4.69, 9.17) is 4.74 Å². The number of benzene rings is 1. The Labute approximate surface area is 143 Å². The van der Waals surface area contributed by atoms with E-state index in [1.807, 2.05) is 0 Å². The number of hydrogen-bond acceptors (Lipinski definition) is 3. The second-order valence-electron chi connectivity index (χ2n) is 4.70. The summed E-state index contributed by atoms with van der Waals surface area (Å²) in [6, 6.07) is 3.23. The lowest BCUT2D eigenvalue weighted by Crippen LogP contribution is -2.11. The highest BCUT2D eigenvalue weighted by Crippen LogP contribution is 2.50. The van der Waals surface area contributed by atoms with E-state index >= 15 is 0 Å². The van der Waals surface area contributed by atoms with Gasteiger partial charge in [-0.3, -0.25) is 0 Å². The first-order valence-electron chi connectivity index (χ1n) is 6.26. The van der Waals surface area contributed by atoms with Gasteiger partial charge in [0.1, 0.15) is 5.75 Å². The molecule has 0 aliphatic carbocycles. The summed E-state index contributed by atoms with van der Waals surface area (Å²) in [5, 5.41) is 10.9. The molecule has 0 aliphatic rings. The summed E-state index contributed by atoms with van der Waals surface area (Å²) >= 11 is 2.87. The zero-order valence-corrected chi connectivity index (χ0v) is 13.6. The maximum Gasteiger partial charge on any atom is 0.454 e. The first-order valence-corrected chi connectivity index (χ1v) is 7.06. The molecule has 1 heterocycles. The first-order chi connectivity index (χ1) is 11.4. The summed E-state index contributed by atoms with van der Waals surface area (Å²) in [5.41, 5.74) is -5.75. The lowest BCUT2D eigenvalue weighted by Gasteiger charge is -2.12. The van der Waals surface area contributed by atoms with Gasteiger partial charge >= 0.3 is 18.2 Å². The number of aromatic amines is 1. The predicted octanol–water partition coefficient (Wildman–Crippen LogP) is 5.40. The summed E-state index contributed by atoms with van der Waals surface area (Å²) in [4.78, 5) is 10.6. The molecule has 0 bridgehead atoms. The molecular weight excluding hydrogens is 426 g/mol. The number of halogens is 7. The summed E-state index contributed by atoms with van der Waals surface area (Å²) in [6.07, 6.45) is -10.7. The Hall–Kier alpha value is -2.24. The Morgan fingerprint density at radius 1 is 1.16 bits per heavy atom. The van der Waals surface area contributed by atoms with Crippen LogP contribution in [0.25, 0.3) is 11.1 Å². The fourth-order valence-electron chi connectivity index (χ4n) is 2.21. The van der Waals surface area contributed by atoms with Gasteiger partial charge in [0.25, 0.3) is 0 Å². The normalized spacial score (nSPS) is 12.3. The summed E-state index contributed by atoms with van der Waals surface area (Å²) in [6.45, 7) is 0.